The van der Waals surface area contributed by atoms with Gasteiger partial charge in [0, 0.05) is 29.2 Å². The van der Waals surface area contributed by atoms with Crippen LogP contribution >= 0.6 is 28.3 Å². The quantitative estimate of drug-likeness (QED) is 0.836. The molecular weight excluding hydrogens is 340 g/mol. The van der Waals surface area contributed by atoms with Crippen molar-refractivity contribution in [2.45, 2.75) is 25.8 Å². The highest BCUT2D eigenvalue weighted by molar-refractivity contribution is 9.10. The Morgan fingerprint density at radius 3 is 2.95 bits per heavy atom. The van der Waals surface area contributed by atoms with Crippen molar-refractivity contribution < 1.29 is 4.79 Å². The van der Waals surface area contributed by atoms with Gasteiger partial charge in [-0.1, -0.05) is 22.0 Å². The van der Waals surface area contributed by atoms with Crippen molar-refractivity contribution in [1.29, 1.82) is 0 Å². The molecule has 3 nitrogen and oxygen atoms in total. The van der Waals surface area contributed by atoms with E-state index in [1.54, 1.807) is 0 Å². The Morgan fingerprint density at radius 1 is 1.40 bits per heavy atom. The average molecular weight is 360 g/mol. The first-order chi connectivity index (χ1) is 9.15. The van der Waals surface area contributed by atoms with Crippen LogP contribution in [0.2, 0.25) is 0 Å². The molecule has 0 radical (unpaired) electrons. The number of hydrogen-bond donors (Lipinski definition) is 1. The number of nitrogens with zero attached hydrogens (tertiary/aromatic N) is 1. The van der Waals surface area contributed by atoms with Crippen LogP contribution in [0.15, 0.2) is 22.7 Å². The van der Waals surface area contributed by atoms with E-state index < -0.39 is 0 Å². The third kappa shape index (κ3) is 3.02. The summed E-state index contributed by atoms with van der Waals surface area (Å²) in [7, 11) is 0. The van der Waals surface area contributed by atoms with Gasteiger partial charge >= 0.3 is 0 Å². The largest absolute Gasteiger partial charge is 0.338 e. The molecule has 110 valence electrons. The molecule has 0 aromatic heterocycles. The van der Waals surface area contributed by atoms with Crippen LogP contribution < -0.4 is 5.32 Å². The van der Waals surface area contributed by atoms with Gasteiger partial charge in [-0.05, 0) is 49.9 Å². The number of aryl methyl sites for hydroxylation is 1. The van der Waals surface area contributed by atoms with Crippen LogP contribution in [-0.4, -0.2) is 36.5 Å². The smallest absolute Gasteiger partial charge is 0.253 e. The van der Waals surface area contributed by atoms with Crippen LogP contribution in [-0.2, 0) is 0 Å². The zero-order chi connectivity index (χ0) is 13.4. The molecular formula is C15H20BrClN2O. The number of carbonyl (C=O) groups is 1. The molecule has 0 aliphatic carbocycles. The van der Waals surface area contributed by atoms with Crippen molar-refractivity contribution in [3.05, 3.63) is 33.8 Å². The number of amides is 1. The minimum atomic E-state index is 0. The second-order valence-electron chi connectivity index (χ2n) is 5.61. The summed E-state index contributed by atoms with van der Waals surface area (Å²) < 4.78 is 1.01. The van der Waals surface area contributed by atoms with Gasteiger partial charge in [0.05, 0.1) is 0 Å². The highest BCUT2D eigenvalue weighted by Gasteiger charge is 2.34. The van der Waals surface area contributed by atoms with E-state index in [1.165, 1.54) is 6.42 Å². The van der Waals surface area contributed by atoms with Crippen LogP contribution in [0.25, 0.3) is 0 Å². The number of benzene rings is 1. The van der Waals surface area contributed by atoms with Crippen molar-refractivity contribution >= 4 is 34.2 Å². The molecule has 20 heavy (non-hydrogen) atoms. The molecule has 1 amide bonds. The van der Waals surface area contributed by atoms with Gasteiger partial charge in [0.2, 0.25) is 0 Å². The van der Waals surface area contributed by atoms with Crippen molar-refractivity contribution in [3.8, 4) is 0 Å². The molecule has 2 unspecified atom stereocenters. The summed E-state index contributed by atoms with van der Waals surface area (Å²) in [5.74, 6) is 0.817. The summed E-state index contributed by atoms with van der Waals surface area (Å²) >= 11 is 3.50. The maximum absolute atomic E-state index is 12.5. The number of fused-ring (bicyclic) bond motifs is 1. The number of halogens is 2. The van der Waals surface area contributed by atoms with Gasteiger partial charge in [-0.25, -0.2) is 0 Å². The topological polar surface area (TPSA) is 32.3 Å². The first-order valence-electron chi connectivity index (χ1n) is 6.94. The van der Waals surface area contributed by atoms with Crippen LogP contribution in [0.3, 0.4) is 0 Å². The number of hydrogen-bond acceptors (Lipinski definition) is 2. The summed E-state index contributed by atoms with van der Waals surface area (Å²) in [4.78, 5) is 14.6. The normalized spacial score (nSPS) is 25.0. The second kappa shape index (κ2) is 6.46. The summed E-state index contributed by atoms with van der Waals surface area (Å²) in [6.45, 7) is 4.92. The average Bonchev–Trinajstić information content (AvgIpc) is 2.88. The number of rotatable bonds is 1. The summed E-state index contributed by atoms with van der Waals surface area (Å²) in [5.41, 5.74) is 1.96. The zero-order valence-electron chi connectivity index (χ0n) is 11.6. The van der Waals surface area contributed by atoms with Crippen LogP contribution in [0.5, 0.6) is 0 Å². The molecule has 3 rings (SSSR count). The number of piperidine rings is 1. The maximum Gasteiger partial charge on any atom is 0.253 e. The fourth-order valence-electron chi connectivity index (χ4n) is 3.14. The number of carbonyl (C=O) groups excluding carboxylic acids is 1. The van der Waals surface area contributed by atoms with E-state index in [0.29, 0.717) is 12.0 Å². The van der Waals surface area contributed by atoms with Gasteiger partial charge in [0.15, 0.2) is 0 Å². The van der Waals surface area contributed by atoms with Crippen molar-refractivity contribution in [3.63, 3.8) is 0 Å². The molecule has 1 aromatic rings. The molecule has 5 heteroatoms. The van der Waals surface area contributed by atoms with E-state index in [-0.39, 0.29) is 18.3 Å². The van der Waals surface area contributed by atoms with Crippen molar-refractivity contribution in [2.75, 3.05) is 19.6 Å². The molecule has 1 N–H and O–H groups in total. The van der Waals surface area contributed by atoms with E-state index in [9.17, 15) is 4.79 Å². The van der Waals surface area contributed by atoms with E-state index in [2.05, 4.69) is 21.2 Å². The first kappa shape index (κ1) is 15.8. The standard InChI is InChI=1S/C15H19BrN2O.ClH/c1-10-2-3-11(8-13(10)16)15(19)18-7-5-14-12(9-18)4-6-17-14;/h2-3,8,12,14,17H,4-7,9H2,1H3;1H. The third-order valence-electron chi connectivity index (χ3n) is 4.36. The van der Waals surface area contributed by atoms with Gasteiger partial charge < -0.3 is 10.2 Å². The Kier molecular flexibility index (Phi) is 5.10. The molecule has 0 saturated carbocycles. The molecule has 0 spiro atoms. The molecule has 2 saturated heterocycles. The first-order valence-corrected chi connectivity index (χ1v) is 7.73. The minimum Gasteiger partial charge on any atom is -0.338 e. The maximum atomic E-state index is 12.5. The van der Waals surface area contributed by atoms with Crippen LogP contribution in [0, 0.1) is 12.8 Å². The molecule has 2 aliphatic rings. The Bertz CT molecular complexity index is 509. The molecule has 2 heterocycles. The summed E-state index contributed by atoms with van der Waals surface area (Å²) in [6, 6.07) is 6.51. The minimum absolute atomic E-state index is 0. The predicted molar refractivity (Wildman–Crippen MR) is 86.5 cm³/mol. The lowest BCUT2D eigenvalue weighted by atomic mass is 9.93. The SMILES string of the molecule is Cc1ccc(C(=O)N2CCC3NCCC3C2)cc1Br.Cl. The van der Waals surface area contributed by atoms with Gasteiger partial charge in [0.25, 0.3) is 5.91 Å². The van der Waals surface area contributed by atoms with Gasteiger partial charge in [-0.2, -0.15) is 0 Å². The third-order valence-corrected chi connectivity index (χ3v) is 5.22. The van der Waals surface area contributed by atoms with E-state index in [1.807, 2.05) is 30.0 Å². The monoisotopic (exact) mass is 358 g/mol. The molecule has 2 atom stereocenters. The fraction of sp³-hybridized carbons (Fsp3) is 0.533. The highest BCUT2D eigenvalue weighted by Crippen LogP contribution is 2.26. The second-order valence-corrected chi connectivity index (χ2v) is 6.47. The van der Waals surface area contributed by atoms with E-state index >= 15 is 0 Å². The lowest BCUT2D eigenvalue weighted by Gasteiger charge is -2.35. The van der Waals surface area contributed by atoms with Gasteiger partial charge in [-0.15, -0.1) is 12.4 Å². The fourth-order valence-corrected chi connectivity index (χ4v) is 3.52. The Balaban J connectivity index is 0.00000147. The molecule has 2 fully saturated rings. The zero-order valence-corrected chi connectivity index (χ0v) is 14.0. The Hall–Kier alpha value is -0.580. The molecule has 0 bridgehead atoms. The lowest BCUT2D eigenvalue weighted by molar-refractivity contribution is 0.0662. The van der Waals surface area contributed by atoms with Crippen molar-refractivity contribution in [1.82, 2.24) is 10.2 Å². The predicted octanol–water partition coefficient (Wildman–Crippen LogP) is 3.00. The van der Waals surface area contributed by atoms with Gasteiger partial charge in [-0.3, -0.25) is 4.79 Å². The van der Waals surface area contributed by atoms with E-state index in [0.717, 1.165) is 41.7 Å². The van der Waals surface area contributed by atoms with Crippen LogP contribution in [0.4, 0.5) is 0 Å². The highest BCUT2D eigenvalue weighted by atomic mass is 79.9. The van der Waals surface area contributed by atoms with Gasteiger partial charge in [0.1, 0.15) is 0 Å². The summed E-state index contributed by atoms with van der Waals surface area (Å²) in [6.07, 6.45) is 2.29. The molecule has 2 aliphatic heterocycles. The number of nitrogens with one attached hydrogen (secondary N) is 1. The van der Waals surface area contributed by atoms with Crippen LogP contribution in [0.1, 0.15) is 28.8 Å². The number of likely N-dealkylation sites (tertiary alicyclic amines) is 1. The molecule has 1 aromatic carbocycles. The van der Waals surface area contributed by atoms with E-state index in [4.69, 9.17) is 0 Å². The van der Waals surface area contributed by atoms with Crippen molar-refractivity contribution in [2.24, 2.45) is 5.92 Å². The Morgan fingerprint density at radius 2 is 2.20 bits per heavy atom. The summed E-state index contributed by atoms with van der Waals surface area (Å²) in [5, 5.41) is 3.53. The lowest BCUT2D eigenvalue weighted by Crippen LogP contribution is -2.46. The Labute approximate surface area is 134 Å².